The molecule has 0 aromatic heterocycles. The normalized spacial score (nSPS) is 16.2. The van der Waals surface area contributed by atoms with E-state index >= 15 is 0 Å². The van der Waals surface area contributed by atoms with Gasteiger partial charge in [-0.1, -0.05) is 83.9 Å². The standard InChI is InChI=1S/C26H28Cl2N2O2/c27-22-11-12-25(24(28)17-22)32-19-23(31)18-29-13-15-30(16-14-29)26(20-7-3-1-4-8-20)21-9-5-2-6-10-21/h1-12,17,23,26,31H,13-16,18-19H2. The lowest BCUT2D eigenvalue weighted by Crippen LogP contribution is -2.50. The van der Waals surface area contributed by atoms with E-state index in [4.69, 9.17) is 27.9 Å². The van der Waals surface area contributed by atoms with Crippen LogP contribution in [0.15, 0.2) is 78.9 Å². The zero-order chi connectivity index (χ0) is 22.3. The van der Waals surface area contributed by atoms with Gasteiger partial charge in [0, 0.05) is 37.7 Å². The van der Waals surface area contributed by atoms with Crippen LogP contribution in [0.1, 0.15) is 17.2 Å². The summed E-state index contributed by atoms with van der Waals surface area (Å²) in [6, 6.07) is 26.7. The van der Waals surface area contributed by atoms with Crippen LogP contribution >= 0.6 is 23.2 Å². The van der Waals surface area contributed by atoms with Crippen molar-refractivity contribution in [1.29, 1.82) is 0 Å². The van der Waals surface area contributed by atoms with Crippen molar-refractivity contribution in [3.63, 3.8) is 0 Å². The Hall–Kier alpha value is -2.08. The molecule has 1 unspecified atom stereocenters. The Balaban J connectivity index is 1.32. The summed E-state index contributed by atoms with van der Waals surface area (Å²) in [4.78, 5) is 4.82. The SMILES string of the molecule is OC(COc1ccc(Cl)cc1Cl)CN1CCN(C(c2ccccc2)c2ccccc2)CC1. The number of hydrogen-bond donors (Lipinski definition) is 1. The van der Waals surface area contributed by atoms with Gasteiger partial charge in [-0.05, 0) is 29.3 Å². The molecule has 168 valence electrons. The Morgan fingerprint density at radius 1 is 0.812 bits per heavy atom. The number of hydrogen-bond acceptors (Lipinski definition) is 4. The number of β-amino-alcohol motifs (C(OH)–C–C–N with tert-alkyl or cyclic N) is 1. The largest absolute Gasteiger partial charge is 0.489 e. The molecule has 0 amide bonds. The van der Waals surface area contributed by atoms with E-state index in [-0.39, 0.29) is 12.6 Å². The summed E-state index contributed by atoms with van der Waals surface area (Å²) in [6.07, 6.45) is -0.590. The van der Waals surface area contributed by atoms with Crippen molar-refractivity contribution in [3.8, 4) is 5.75 Å². The fourth-order valence-corrected chi connectivity index (χ4v) is 4.68. The predicted molar refractivity (Wildman–Crippen MR) is 131 cm³/mol. The zero-order valence-corrected chi connectivity index (χ0v) is 19.4. The van der Waals surface area contributed by atoms with E-state index in [0.29, 0.717) is 22.3 Å². The van der Waals surface area contributed by atoms with Crippen LogP contribution in [0.4, 0.5) is 0 Å². The first-order valence-electron chi connectivity index (χ1n) is 10.9. The van der Waals surface area contributed by atoms with Gasteiger partial charge in [-0.15, -0.1) is 0 Å². The van der Waals surface area contributed by atoms with Crippen molar-refractivity contribution in [2.75, 3.05) is 39.3 Å². The molecule has 32 heavy (non-hydrogen) atoms. The van der Waals surface area contributed by atoms with Crippen molar-refractivity contribution in [1.82, 2.24) is 9.80 Å². The lowest BCUT2D eigenvalue weighted by molar-refractivity contribution is 0.0401. The molecule has 1 aliphatic rings. The fourth-order valence-electron chi connectivity index (χ4n) is 4.22. The van der Waals surface area contributed by atoms with Crippen LogP contribution in [-0.4, -0.2) is 60.3 Å². The van der Waals surface area contributed by atoms with Crippen LogP contribution in [0.5, 0.6) is 5.75 Å². The molecule has 0 spiro atoms. The highest BCUT2D eigenvalue weighted by molar-refractivity contribution is 6.35. The molecule has 0 saturated carbocycles. The van der Waals surface area contributed by atoms with Gasteiger partial charge in [-0.3, -0.25) is 9.80 Å². The first kappa shape index (κ1) is 23.1. The summed E-state index contributed by atoms with van der Waals surface area (Å²) in [6.45, 7) is 4.43. The summed E-state index contributed by atoms with van der Waals surface area (Å²) in [5, 5.41) is 11.5. The molecular formula is C26H28Cl2N2O2. The lowest BCUT2D eigenvalue weighted by Gasteiger charge is -2.40. The van der Waals surface area contributed by atoms with Gasteiger partial charge in [0.15, 0.2) is 0 Å². The third kappa shape index (κ3) is 6.03. The topological polar surface area (TPSA) is 35.9 Å². The zero-order valence-electron chi connectivity index (χ0n) is 17.9. The monoisotopic (exact) mass is 470 g/mol. The van der Waals surface area contributed by atoms with Gasteiger partial charge in [0.2, 0.25) is 0 Å². The van der Waals surface area contributed by atoms with E-state index in [9.17, 15) is 5.11 Å². The third-order valence-corrected chi connectivity index (χ3v) is 6.33. The van der Waals surface area contributed by atoms with E-state index in [1.54, 1.807) is 18.2 Å². The smallest absolute Gasteiger partial charge is 0.138 e. The molecular weight excluding hydrogens is 443 g/mol. The third-order valence-electron chi connectivity index (χ3n) is 5.80. The Bertz CT molecular complexity index is 940. The first-order valence-corrected chi connectivity index (χ1v) is 11.7. The second-order valence-electron chi connectivity index (χ2n) is 8.10. The molecule has 1 heterocycles. The molecule has 1 fully saturated rings. The number of ether oxygens (including phenoxy) is 1. The number of rotatable bonds is 8. The van der Waals surface area contributed by atoms with Gasteiger partial charge in [-0.2, -0.15) is 0 Å². The minimum absolute atomic E-state index is 0.193. The molecule has 3 aromatic rings. The Morgan fingerprint density at radius 3 is 1.97 bits per heavy atom. The molecule has 3 aromatic carbocycles. The highest BCUT2D eigenvalue weighted by Crippen LogP contribution is 2.30. The van der Waals surface area contributed by atoms with Gasteiger partial charge in [0.25, 0.3) is 0 Å². The number of aliphatic hydroxyl groups excluding tert-OH is 1. The van der Waals surface area contributed by atoms with E-state index in [2.05, 4.69) is 70.5 Å². The van der Waals surface area contributed by atoms with Gasteiger partial charge >= 0.3 is 0 Å². The molecule has 1 aliphatic heterocycles. The summed E-state index contributed by atoms with van der Waals surface area (Å²) < 4.78 is 5.69. The van der Waals surface area contributed by atoms with Crippen molar-refractivity contribution in [3.05, 3.63) is 100 Å². The maximum atomic E-state index is 10.5. The highest BCUT2D eigenvalue weighted by atomic mass is 35.5. The van der Waals surface area contributed by atoms with Gasteiger partial charge < -0.3 is 9.84 Å². The number of halogens is 2. The first-order chi connectivity index (χ1) is 15.6. The number of benzene rings is 3. The van der Waals surface area contributed by atoms with Crippen molar-refractivity contribution in [2.45, 2.75) is 12.1 Å². The summed E-state index contributed by atoms with van der Waals surface area (Å²) in [5.41, 5.74) is 2.61. The maximum absolute atomic E-state index is 10.5. The minimum Gasteiger partial charge on any atom is -0.489 e. The van der Waals surface area contributed by atoms with Crippen molar-refractivity contribution < 1.29 is 9.84 Å². The maximum Gasteiger partial charge on any atom is 0.138 e. The van der Waals surface area contributed by atoms with Crippen molar-refractivity contribution in [2.24, 2.45) is 0 Å². The minimum atomic E-state index is -0.590. The number of piperazine rings is 1. The second kappa shape index (κ2) is 11.2. The number of aliphatic hydroxyl groups is 1. The van der Waals surface area contributed by atoms with Gasteiger partial charge in [-0.25, -0.2) is 0 Å². The lowest BCUT2D eigenvalue weighted by atomic mass is 9.96. The summed E-state index contributed by atoms with van der Waals surface area (Å²) >= 11 is 12.1. The van der Waals surface area contributed by atoms with Crippen LogP contribution in [0.2, 0.25) is 10.0 Å². The molecule has 0 aliphatic carbocycles. The second-order valence-corrected chi connectivity index (χ2v) is 8.94. The van der Waals surface area contributed by atoms with Crippen molar-refractivity contribution >= 4 is 23.2 Å². The van der Waals surface area contributed by atoms with Crippen LogP contribution in [-0.2, 0) is 0 Å². The molecule has 4 nitrogen and oxygen atoms in total. The van der Waals surface area contributed by atoms with E-state index in [1.807, 2.05) is 0 Å². The average molecular weight is 471 g/mol. The molecule has 6 heteroatoms. The summed E-state index contributed by atoms with van der Waals surface area (Å²) in [7, 11) is 0. The van der Waals surface area contributed by atoms with E-state index in [1.165, 1.54) is 11.1 Å². The molecule has 0 radical (unpaired) electrons. The number of nitrogens with zero attached hydrogens (tertiary/aromatic N) is 2. The molecule has 1 N–H and O–H groups in total. The molecule has 1 saturated heterocycles. The van der Waals surface area contributed by atoms with Gasteiger partial charge in [0.05, 0.1) is 11.1 Å². The Labute approximate surface area is 199 Å². The van der Waals surface area contributed by atoms with Crippen LogP contribution < -0.4 is 4.74 Å². The van der Waals surface area contributed by atoms with E-state index < -0.39 is 6.10 Å². The average Bonchev–Trinajstić information content (AvgIpc) is 2.81. The predicted octanol–water partition coefficient (Wildman–Crippen LogP) is 5.14. The van der Waals surface area contributed by atoms with Crippen LogP contribution in [0, 0.1) is 0 Å². The van der Waals surface area contributed by atoms with Gasteiger partial charge in [0.1, 0.15) is 18.5 Å². The fraction of sp³-hybridized carbons (Fsp3) is 0.308. The highest BCUT2D eigenvalue weighted by Gasteiger charge is 2.27. The van der Waals surface area contributed by atoms with Crippen LogP contribution in [0.3, 0.4) is 0 Å². The quantitative estimate of drug-likeness (QED) is 0.494. The Morgan fingerprint density at radius 2 is 1.41 bits per heavy atom. The summed E-state index contributed by atoms with van der Waals surface area (Å²) in [5.74, 6) is 0.536. The molecule has 0 bridgehead atoms. The molecule has 1 atom stereocenters. The van der Waals surface area contributed by atoms with Crippen LogP contribution in [0.25, 0.3) is 0 Å². The Kier molecular flexibility index (Phi) is 8.06. The van der Waals surface area contributed by atoms with E-state index in [0.717, 1.165) is 26.2 Å². The molecule has 4 rings (SSSR count).